The average molecular weight is 283 g/mol. The first-order valence-corrected chi connectivity index (χ1v) is 7.55. The summed E-state index contributed by atoms with van der Waals surface area (Å²) in [6, 6.07) is 0. The minimum Gasteiger partial charge on any atom is -0.465 e. The molecule has 0 aromatic carbocycles. The van der Waals surface area contributed by atoms with E-state index in [9.17, 15) is 4.79 Å². The number of carbonyl (C=O) groups is 1. The van der Waals surface area contributed by atoms with Crippen LogP contribution in [0.15, 0.2) is 6.20 Å². The fraction of sp³-hybridized carbons (Fsp3) is 0.692. The molecule has 106 valence electrons. The molecule has 1 fully saturated rings. The number of methoxy groups -OCH3 is 1. The number of carbonyl (C=O) groups excluding carboxylic acids is 1. The molecule has 0 spiro atoms. The van der Waals surface area contributed by atoms with Gasteiger partial charge in [0.1, 0.15) is 4.88 Å². The Kier molecular flexibility index (Phi) is 5.15. The number of ether oxygens (including phenoxy) is 1. The number of thiazole rings is 1. The van der Waals surface area contributed by atoms with Crippen LogP contribution >= 0.6 is 11.3 Å². The Morgan fingerprint density at radius 3 is 2.95 bits per heavy atom. The topological polar surface area (TPSA) is 54.5 Å². The third-order valence-electron chi connectivity index (χ3n) is 3.59. The molecule has 0 aliphatic carbocycles. The van der Waals surface area contributed by atoms with Crippen LogP contribution in [0.4, 0.5) is 5.13 Å². The Hall–Kier alpha value is -1.14. The van der Waals surface area contributed by atoms with Crippen molar-refractivity contribution in [3.8, 4) is 0 Å². The fourth-order valence-electron chi connectivity index (χ4n) is 2.29. The molecule has 0 saturated carbocycles. The van der Waals surface area contributed by atoms with Gasteiger partial charge in [0.15, 0.2) is 5.13 Å². The molecule has 1 aliphatic heterocycles. The van der Waals surface area contributed by atoms with Crippen molar-refractivity contribution in [2.45, 2.75) is 19.8 Å². The Bertz CT molecular complexity index is 414. The molecular weight excluding hydrogens is 262 g/mol. The number of nitrogens with one attached hydrogen (secondary N) is 1. The van der Waals surface area contributed by atoms with E-state index in [1.165, 1.54) is 44.4 Å². The monoisotopic (exact) mass is 283 g/mol. The quantitative estimate of drug-likeness (QED) is 0.838. The molecule has 6 heteroatoms. The van der Waals surface area contributed by atoms with Crippen LogP contribution in [-0.4, -0.2) is 49.1 Å². The Labute approximate surface area is 118 Å². The molecular formula is C13H21N3O2S. The van der Waals surface area contributed by atoms with E-state index >= 15 is 0 Å². The second-order valence-electron chi connectivity index (χ2n) is 4.78. The van der Waals surface area contributed by atoms with E-state index in [0.717, 1.165) is 18.2 Å². The maximum Gasteiger partial charge on any atom is 0.349 e. The first kappa shape index (κ1) is 14.3. The van der Waals surface area contributed by atoms with Gasteiger partial charge in [-0.05, 0) is 38.4 Å². The van der Waals surface area contributed by atoms with Crippen molar-refractivity contribution < 1.29 is 9.53 Å². The summed E-state index contributed by atoms with van der Waals surface area (Å²) in [6.07, 6.45) is 4.03. The largest absolute Gasteiger partial charge is 0.465 e. The van der Waals surface area contributed by atoms with Gasteiger partial charge in [0, 0.05) is 6.54 Å². The molecule has 1 aromatic heterocycles. The summed E-state index contributed by atoms with van der Waals surface area (Å²) in [5, 5.41) is 4.13. The number of esters is 1. The van der Waals surface area contributed by atoms with Crippen LogP contribution in [0.5, 0.6) is 0 Å². The predicted molar refractivity (Wildman–Crippen MR) is 76.8 cm³/mol. The summed E-state index contributed by atoms with van der Waals surface area (Å²) >= 11 is 1.35. The first-order valence-electron chi connectivity index (χ1n) is 6.73. The van der Waals surface area contributed by atoms with Crippen molar-refractivity contribution in [3.63, 3.8) is 0 Å². The number of piperidine rings is 1. The molecule has 1 N–H and O–H groups in total. The van der Waals surface area contributed by atoms with Gasteiger partial charge in [-0.25, -0.2) is 9.78 Å². The molecule has 19 heavy (non-hydrogen) atoms. The van der Waals surface area contributed by atoms with Crippen LogP contribution in [0, 0.1) is 5.92 Å². The van der Waals surface area contributed by atoms with E-state index in [0.29, 0.717) is 10.8 Å². The maximum atomic E-state index is 11.3. The Morgan fingerprint density at radius 1 is 1.58 bits per heavy atom. The minimum atomic E-state index is -0.318. The van der Waals surface area contributed by atoms with Crippen molar-refractivity contribution in [2.24, 2.45) is 5.92 Å². The van der Waals surface area contributed by atoms with Crippen LogP contribution in [-0.2, 0) is 4.74 Å². The molecule has 0 radical (unpaired) electrons. The van der Waals surface area contributed by atoms with Crippen LogP contribution in [0.3, 0.4) is 0 Å². The lowest BCUT2D eigenvalue weighted by molar-refractivity contribution is 0.0606. The van der Waals surface area contributed by atoms with Gasteiger partial charge in [0.25, 0.3) is 0 Å². The van der Waals surface area contributed by atoms with Gasteiger partial charge in [-0.15, -0.1) is 0 Å². The minimum absolute atomic E-state index is 0.318. The highest BCUT2D eigenvalue weighted by Crippen LogP contribution is 2.21. The molecule has 1 aromatic rings. The van der Waals surface area contributed by atoms with Gasteiger partial charge < -0.3 is 15.0 Å². The normalized spacial score (nSPS) is 17.4. The van der Waals surface area contributed by atoms with Crippen LogP contribution in [0.2, 0.25) is 0 Å². The number of hydrogen-bond acceptors (Lipinski definition) is 6. The number of rotatable bonds is 5. The van der Waals surface area contributed by atoms with Gasteiger partial charge in [-0.1, -0.05) is 18.3 Å². The molecule has 5 nitrogen and oxygen atoms in total. The molecule has 2 heterocycles. The van der Waals surface area contributed by atoms with Crippen molar-refractivity contribution in [1.82, 2.24) is 9.88 Å². The Balaban J connectivity index is 1.76. The third kappa shape index (κ3) is 3.91. The first-order chi connectivity index (χ1) is 9.22. The Morgan fingerprint density at radius 2 is 2.32 bits per heavy atom. The highest BCUT2D eigenvalue weighted by Gasteiger charge is 2.18. The van der Waals surface area contributed by atoms with Gasteiger partial charge in [-0.2, -0.15) is 0 Å². The molecule has 2 rings (SSSR count). The molecule has 0 atom stereocenters. The standard InChI is InChI=1S/C13H21N3O2S/c1-3-16-6-4-10(5-7-16)8-14-13-15-9-11(19-13)12(17)18-2/h9-10H,3-8H2,1-2H3,(H,14,15). The maximum absolute atomic E-state index is 11.3. The molecule has 0 unspecified atom stereocenters. The van der Waals surface area contributed by atoms with Gasteiger partial charge in [0.05, 0.1) is 13.3 Å². The zero-order valence-electron chi connectivity index (χ0n) is 11.5. The predicted octanol–water partition coefficient (Wildman–Crippen LogP) is 2.07. The number of hydrogen-bond donors (Lipinski definition) is 1. The number of likely N-dealkylation sites (tertiary alicyclic amines) is 1. The van der Waals surface area contributed by atoms with E-state index < -0.39 is 0 Å². The zero-order valence-corrected chi connectivity index (χ0v) is 12.3. The highest BCUT2D eigenvalue weighted by atomic mass is 32.1. The average Bonchev–Trinajstić information content (AvgIpc) is 2.93. The number of anilines is 1. The number of aromatic nitrogens is 1. The fourth-order valence-corrected chi connectivity index (χ4v) is 3.03. The third-order valence-corrected chi connectivity index (χ3v) is 4.52. The van der Waals surface area contributed by atoms with Crippen LogP contribution in [0.25, 0.3) is 0 Å². The van der Waals surface area contributed by atoms with Gasteiger partial charge in [-0.3, -0.25) is 0 Å². The second kappa shape index (κ2) is 6.86. The summed E-state index contributed by atoms with van der Waals surface area (Å²) in [4.78, 5) is 18.5. The van der Waals surface area contributed by atoms with E-state index in [-0.39, 0.29) is 5.97 Å². The molecule has 1 saturated heterocycles. The summed E-state index contributed by atoms with van der Waals surface area (Å²) in [7, 11) is 1.39. The van der Waals surface area contributed by atoms with Crippen molar-refractivity contribution in [2.75, 3.05) is 38.6 Å². The van der Waals surface area contributed by atoms with Crippen molar-refractivity contribution in [1.29, 1.82) is 0 Å². The lowest BCUT2D eigenvalue weighted by Crippen LogP contribution is -2.35. The lowest BCUT2D eigenvalue weighted by atomic mass is 9.97. The summed E-state index contributed by atoms with van der Waals surface area (Å²) in [5.74, 6) is 0.384. The molecule has 0 amide bonds. The summed E-state index contributed by atoms with van der Waals surface area (Å²) in [6.45, 7) is 6.67. The van der Waals surface area contributed by atoms with Crippen LogP contribution < -0.4 is 5.32 Å². The highest BCUT2D eigenvalue weighted by molar-refractivity contribution is 7.17. The smallest absolute Gasteiger partial charge is 0.349 e. The van der Waals surface area contributed by atoms with Crippen LogP contribution in [0.1, 0.15) is 29.4 Å². The van der Waals surface area contributed by atoms with E-state index in [2.05, 4.69) is 26.9 Å². The van der Waals surface area contributed by atoms with Crippen molar-refractivity contribution >= 4 is 22.4 Å². The molecule has 1 aliphatic rings. The van der Waals surface area contributed by atoms with Crippen molar-refractivity contribution in [3.05, 3.63) is 11.1 Å². The van der Waals surface area contributed by atoms with E-state index in [1.807, 2.05) is 0 Å². The van der Waals surface area contributed by atoms with Gasteiger partial charge >= 0.3 is 5.97 Å². The van der Waals surface area contributed by atoms with Gasteiger partial charge in [0.2, 0.25) is 0 Å². The molecule has 0 bridgehead atoms. The SMILES string of the molecule is CCN1CCC(CNc2ncc(C(=O)OC)s2)CC1. The van der Waals surface area contributed by atoms with E-state index in [4.69, 9.17) is 0 Å². The zero-order chi connectivity index (χ0) is 13.7. The number of nitrogens with zero attached hydrogens (tertiary/aromatic N) is 2. The second-order valence-corrected chi connectivity index (χ2v) is 5.81. The summed E-state index contributed by atoms with van der Waals surface area (Å²) in [5.41, 5.74) is 0. The summed E-state index contributed by atoms with van der Waals surface area (Å²) < 4.78 is 4.67. The lowest BCUT2D eigenvalue weighted by Gasteiger charge is -2.30. The van der Waals surface area contributed by atoms with E-state index in [1.54, 1.807) is 6.20 Å².